The molecule has 3 heteroatoms. The van der Waals surface area contributed by atoms with E-state index < -0.39 is 5.41 Å². The van der Waals surface area contributed by atoms with Crippen LogP contribution in [0.15, 0.2) is 0 Å². The zero-order valence-electron chi connectivity index (χ0n) is 6.56. The van der Waals surface area contributed by atoms with Crippen LogP contribution in [0.25, 0.3) is 0 Å². The number of nitriles is 1. The summed E-state index contributed by atoms with van der Waals surface area (Å²) in [6.45, 7) is 5.51. The number of nitrogens with one attached hydrogen (secondary N) is 1. The smallest absolute Gasteiger partial charge is 0.226 e. The maximum absolute atomic E-state index is 11.0. The van der Waals surface area contributed by atoms with Gasteiger partial charge in [0, 0.05) is 5.41 Å². The Kier molecular flexibility index (Phi) is 2.88. The molecule has 0 aliphatic rings. The fourth-order valence-electron chi connectivity index (χ4n) is 0.385. The van der Waals surface area contributed by atoms with Crippen molar-refractivity contribution in [3.63, 3.8) is 0 Å². The van der Waals surface area contributed by atoms with Gasteiger partial charge in [-0.3, -0.25) is 4.79 Å². The standard InChI is InChI=1S/C7H12N2O/c1-7(2,3)6(10)9-5-4-8/h5H2,1-3H3,(H,9,10). The Balaban J connectivity index is 3.78. The third-order valence-corrected chi connectivity index (χ3v) is 1.01. The molecule has 0 spiro atoms. The average Bonchev–Trinajstić information content (AvgIpc) is 1.80. The molecule has 10 heavy (non-hydrogen) atoms. The summed E-state index contributed by atoms with van der Waals surface area (Å²) in [7, 11) is 0. The van der Waals surface area contributed by atoms with Gasteiger partial charge >= 0.3 is 0 Å². The van der Waals surface area contributed by atoms with Gasteiger partial charge in [0.1, 0.15) is 6.54 Å². The number of hydrogen-bond donors (Lipinski definition) is 1. The van der Waals surface area contributed by atoms with E-state index in [0.717, 1.165) is 0 Å². The molecule has 0 bridgehead atoms. The summed E-state index contributed by atoms with van der Waals surface area (Å²) in [5, 5.41) is 10.6. The van der Waals surface area contributed by atoms with Crippen molar-refractivity contribution in [3.05, 3.63) is 0 Å². The lowest BCUT2D eigenvalue weighted by molar-refractivity contribution is -0.128. The quantitative estimate of drug-likeness (QED) is 0.544. The second-order valence-electron chi connectivity index (χ2n) is 3.09. The molecule has 0 aromatic rings. The van der Waals surface area contributed by atoms with Gasteiger partial charge in [-0.1, -0.05) is 20.8 Å². The van der Waals surface area contributed by atoms with Crippen molar-refractivity contribution in [2.45, 2.75) is 20.8 Å². The molecule has 1 N–H and O–H groups in total. The Hall–Kier alpha value is -1.04. The van der Waals surface area contributed by atoms with Crippen molar-refractivity contribution in [3.8, 4) is 6.07 Å². The van der Waals surface area contributed by atoms with E-state index in [-0.39, 0.29) is 12.5 Å². The van der Waals surface area contributed by atoms with Crippen LogP contribution >= 0.6 is 0 Å². The van der Waals surface area contributed by atoms with Crippen LogP contribution in [0.2, 0.25) is 0 Å². The van der Waals surface area contributed by atoms with Crippen molar-refractivity contribution in [2.75, 3.05) is 6.54 Å². The normalized spacial score (nSPS) is 10.2. The Bertz CT molecular complexity index is 161. The van der Waals surface area contributed by atoms with E-state index in [1.165, 1.54) is 0 Å². The minimum atomic E-state index is -0.392. The fourth-order valence-corrected chi connectivity index (χ4v) is 0.385. The van der Waals surface area contributed by atoms with Crippen LogP contribution in [0.5, 0.6) is 0 Å². The molecule has 56 valence electrons. The van der Waals surface area contributed by atoms with Crippen LogP contribution in [0.3, 0.4) is 0 Å². The molecule has 3 nitrogen and oxygen atoms in total. The van der Waals surface area contributed by atoms with Crippen molar-refractivity contribution >= 4 is 5.91 Å². The SMILES string of the molecule is CC(C)(C)C(=O)NCC#N. The molecule has 0 atom stereocenters. The summed E-state index contributed by atoms with van der Waals surface area (Å²) in [5.74, 6) is -0.0888. The largest absolute Gasteiger partial charge is 0.343 e. The van der Waals surface area contributed by atoms with Gasteiger partial charge in [-0.05, 0) is 0 Å². The molecule has 0 aliphatic heterocycles. The maximum atomic E-state index is 11.0. The first-order valence-corrected chi connectivity index (χ1v) is 3.13. The molecule has 0 aromatic heterocycles. The molecule has 1 amide bonds. The lowest BCUT2D eigenvalue weighted by Crippen LogP contribution is -2.34. The second kappa shape index (κ2) is 3.21. The minimum Gasteiger partial charge on any atom is -0.343 e. The second-order valence-corrected chi connectivity index (χ2v) is 3.09. The fraction of sp³-hybridized carbons (Fsp3) is 0.714. The highest BCUT2D eigenvalue weighted by atomic mass is 16.2. The van der Waals surface area contributed by atoms with Crippen LogP contribution < -0.4 is 5.32 Å². The Morgan fingerprint density at radius 3 is 2.40 bits per heavy atom. The average molecular weight is 140 g/mol. The molecule has 0 rings (SSSR count). The Labute approximate surface area is 61.0 Å². The first kappa shape index (κ1) is 8.96. The summed E-state index contributed by atoms with van der Waals surface area (Å²) >= 11 is 0. The number of carbonyl (C=O) groups is 1. The summed E-state index contributed by atoms with van der Waals surface area (Å²) in [6, 6.07) is 1.84. The lowest BCUT2D eigenvalue weighted by atomic mass is 9.96. The van der Waals surface area contributed by atoms with Gasteiger partial charge in [-0.2, -0.15) is 5.26 Å². The summed E-state index contributed by atoms with van der Waals surface area (Å²) in [5.41, 5.74) is -0.392. The zero-order valence-corrected chi connectivity index (χ0v) is 6.56. The summed E-state index contributed by atoms with van der Waals surface area (Å²) < 4.78 is 0. The highest BCUT2D eigenvalue weighted by Crippen LogP contribution is 2.11. The number of amides is 1. The molecule has 0 radical (unpaired) electrons. The Morgan fingerprint density at radius 1 is 1.60 bits per heavy atom. The Morgan fingerprint density at radius 2 is 2.10 bits per heavy atom. The summed E-state index contributed by atoms with van der Waals surface area (Å²) in [4.78, 5) is 11.0. The zero-order chi connectivity index (χ0) is 8.20. The van der Waals surface area contributed by atoms with Gasteiger partial charge in [-0.15, -0.1) is 0 Å². The van der Waals surface area contributed by atoms with E-state index in [2.05, 4.69) is 5.32 Å². The van der Waals surface area contributed by atoms with Gasteiger partial charge in [0.2, 0.25) is 5.91 Å². The van der Waals surface area contributed by atoms with Gasteiger partial charge in [0.25, 0.3) is 0 Å². The third kappa shape index (κ3) is 3.08. The van der Waals surface area contributed by atoms with Crippen LogP contribution in [0.4, 0.5) is 0 Å². The predicted octanol–water partition coefficient (Wildman–Crippen LogP) is 0.672. The van der Waals surface area contributed by atoms with Crippen LogP contribution in [-0.4, -0.2) is 12.5 Å². The minimum absolute atomic E-state index is 0.0888. The van der Waals surface area contributed by atoms with Crippen molar-refractivity contribution in [1.29, 1.82) is 5.26 Å². The third-order valence-electron chi connectivity index (χ3n) is 1.01. The van der Waals surface area contributed by atoms with Crippen molar-refractivity contribution in [2.24, 2.45) is 5.41 Å². The van der Waals surface area contributed by atoms with Crippen LogP contribution in [0.1, 0.15) is 20.8 Å². The molecule has 0 saturated carbocycles. The molecule has 0 aromatic carbocycles. The van der Waals surface area contributed by atoms with Gasteiger partial charge < -0.3 is 5.32 Å². The van der Waals surface area contributed by atoms with Crippen LogP contribution in [0, 0.1) is 16.7 Å². The monoisotopic (exact) mass is 140 g/mol. The number of nitrogens with zero attached hydrogens (tertiary/aromatic N) is 1. The molecular formula is C7H12N2O. The topological polar surface area (TPSA) is 52.9 Å². The number of rotatable bonds is 1. The van der Waals surface area contributed by atoms with E-state index in [1.807, 2.05) is 6.07 Å². The van der Waals surface area contributed by atoms with E-state index in [1.54, 1.807) is 20.8 Å². The highest BCUT2D eigenvalue weighted by Gasteiger charge is 2.19. The maximum Gasteiger partial charge on any atom is 0.226 e. The molecule has 0 heterocycles. The van der Waals surface area contributed by atoms with Gasteiger partial charge in [-0.25, -0.2) is 0 Å². The van der Waals surface area contributed by atoms with E-state index in [4.69, 9.17) is 5.26 Å². The van der Waals surface area contributed by atoms with E-state index in [0.29, 0.717) is 0 Å². The predicted molar refractivity (Wildman–Crippen MR) is 38.1 cm³/mol. The van der Waals surface area contributed by atoms with E-state index in [9.17, 15) is 4.79 Å². The van der Waals surface area contributed by atoms with Gasteiger partial charge in [0.15, 0.2) is 0 Å². The van der Waals surface area contributed by atoms with E-state index >= 15 is 0 Å². The molecule has 0 unspecified atom stereocenters. The summed E-state index contributed by atoms with van der Waals surface area (Å²) in [6.07, 6.45) is 0. The first-order chi connectivity index (χ1) is 4.48. The number of carbonyl (C=O) groups excluding carboxylic acids is 1. The molecule has 0 aliphatic carbocycles. The highest BCUT2D eigenvalue weighted by molar-refractivity contribution is 5.81. The van der Waals surface area contributed by atoms with Gasteiger partial charge in [0.05, 0.1) is 6.07 Å². The van der Waals surface area contributed by atoms with Crippen molar-refractivity contribution < 1.29 is 4.79 Å². The molecule has 0 saturated heterocycles. The lowest BCUT2D eigenvalue weighted by Gasteiger charge is -2.15. The van der Waals surface area contributed by atoms with Crippen LogP contribution in [-0.2, 0) is 4.79 Å². The van der Waals surface area contributed by atoms with Crippen molar-refractivity contribution in [1.82, 2.24) is 5.32 Å². The first-order valence-electron chi connectivity index (χ1n) is 3.13. The number of hydrogen-bond acceptors (Lipinski definition) is 2. The molecule has 0 fully saturated rings. The molecular weight excluding hydrogens is 128 g/mol.